The first-order chi connectivity index (χ1) is 11.0. The summed E-state index contributed by atoms with van der Waals surface area (Å²) < 4.78 is 33.6. The van der Waals surface area contributed by atoms with Crippen molar-refractivity contribution in [2.45, 2.75) is 51.0 Å². The third-order valence-electron chi connectivity index (χ3n) is 3.93. The van der Waals surface area contributed by atoms with Crippen molar-refractivity contribution in [2.75, 3.05) is 13.1 Å². The third kappa shape index (κ3) is 4.57. The summed E-state index contributed by atoms with van der Waals surface area (Å²) in [4.78, 5) is 13.2. The number of carbonyl (C=O) groups is 1. The third-order valence-corrected chi connectivity index (χ3v) is 4.17. The summed E-state index contributed by atoms with van der Waals surface area (Å²) in [6.07, 6.45) is -2.56. The van der Waals surface area contributed by atoms with E-state index in [4.69, 9.17) is 16.3 Å². The number of hydrogen-bond donors (Lipinski definition) is 1. The minimum absolute atomic E-state index is 0.0145. The highest BCUT2D eigenvalue weighted by molar-refractivity contribution is 6.30. The first-order valence-corrected chi connectivity index (χ1v) is 8.16. The maximum atomic E-state index is 14.5. The summed E-state index contributed by atoms with van der Waals surface area (Å²) in [6.45, 7) is 5.00. The first-order valence-electron chi connectivity index (χ1n) is 7.78. The van der Waals surface area contributed by atoms with Gasteiger partial charge in [0, 0.05) is 18.0 Å². The molecule has 0 bridgehead atoms. The summed E-state index contributed by atoms with van der Waals surface area (Å²) in [5.74, 6) is -0.547. The standard InChI is InChI=1S/C17H22ClF2NO3/c1-16(2,3)24-15(22)21-7-6-17(23,14(20)10-21)9-11-8-12(18)4-5-13(11)19/h4-5,8,14,23H,6-7,9-10H2,1-3H3. The van der Waals surface area contributed by atoms with Gasteiger partial charge >= 0.3 is 6.09 Å². The number of halogens is 3. The molecule has 1 heterocycles. The molecular formula is C17H22ClF2NO3. The van der Waals surface area contributed by atoms with Crippen LogP contribution >= 0.6 is 11.6 Å². The van der Waals surface area contributed by atoms with E-state index >= 15 is 0 Å². The van der Waals surface area contributed by atoms with E-state index in [0.29, 0.717) is 5.02 Å². The van der Waals surface area contributed by atoms with E-state index in [-0.39, 0.29) is 31.5 Å². The topological polar surface area (TPSA) is 49.8 Å². The molecule has 2 atom stereocenters. The van der Waals surface area contributed by atoms with Crippen molar-refractivity contribution >= 4 is 17.7 Å². The van der Waals surface area contributed by atoms with Gasteiger partial charge in [0.05, 0.1) is 6.54 Å². The lowest BCUT2D eigenvalue weighted by atomic mass is 9.84. The maximum absolute atomic E-state index is 14.5. The molecule has 1 N–H and O–H groups in total. The highest BCUT2D eigenvalue weighted by Crippen LogP contribution is 2.31. The van der Waals surface area contributed by atoms with Crippen LogP contribution in [0.1, 0.15) is 32.8 Å². The molecule has 7 heteroatoms. The average Bonchev–Trinajstić information content (AvgIpc) is 2.44. The van der Waals surface area contributed by atoms with Gasteiger partial charge in [-0.25, -0.2) is 13.6 Å². The van der Waals surface area contributed by atoms with Crippen LogP contribution in [0.4, 0.5) is 13.6 Å². The molecule has 0 saturated carbocycles. The Bertz CT molecular complexity index is 620. The molecule has 1 aromatic carbocycles. The molecule has 1 aromatic rings. The zero-order valence-corrected chi connectivity index (χ0v) is 14.7. The molecular weight excluding hydrogens is 340 g/mol. The number of nitrogens with zero attached hydrogens (tertiary/aromatic N) is 1. The van der Waals surface area contributed by atoms with Gasteiger partial charge in [0.15, 0.2) is 0 Å². The van der Waals surface area contributed by atoms with Crippen molar-refractivity contribution in [2.24, 2.45) is 0 Å². The molecule has 24 heavy (non-hydrogen) atoms. The fourth-order valence-corrected chi connectivity index (χ4v) is 2.83. The minimum Gasteiger partial charge on any atom is -0.444 e. The molecule has 4 nitrogen and oxygen atoms in total. The van der Waals surface area contributed by atoms with Crippen LogP contribution in [0, 0.1) is 5.82 Å². The zero-order chi connectivity index (χ0) is 18.1. The molecule has 1 aliphatic heterocycles. The summed E-state index contributed by atoms with van der Waals surface area (Å²) in [7, 11) is 0. The van der Waals surface area contributed by atoms with Gasteiger partial charge in [0.1, 0.15) is 23.2 Å². The van der Waals surface area contributed by atoms with E-state index in [9.17, 15) is 18.7 Å². The maximum Gasteiger partial charge on any atom is 0.410 e. The number of ether oxygens (including phenoxy) is 1. The molecule has 1 saturated heterocycles. The number of alkyl halides is 1. The highest BCUT2D eigenvalue weighted by Gasteiger charge is 2.44. The van der Waals surface area contributed by atoms with Gasteiger partial charge in [0.2, 0.25) is 0 Å². The van der Waals surface area contributed by atoms with Crippen molar-refractivity contribution in [1.82, 2.24) is 4.90 Å². The van der Waals surface area contributed by atoms with Gasteiger partial charge in [-0.05, 0) is 51.0 Å². The summed E-state index contributed by atoms with van der Waals surface area (Å²) in [5, 5.41) is 10.9. The van der Waals surface area contributed by atoms with Crippen LogP contribution in [-0.4, -0.2) is 46.6 Å². The van der Waals surface area contributed by atoms with Crippen molar-refractivity contribution in [3.63, 3.8) is 0 Å². The van der Waals surface area contributed by atoms with Crippen LogP contribution in [0.25, 0.3) is 0 Å². The molecule has 1 fully saturated rings. The van der Waals surface area contributed by atoms with Crippen LogP contribution < -0.4 is 0 Å². The lowest BCUT2D eigenvalue weighted by Crippen LogP contribution is -2.56. The lowest BCUT2D eigenvalue weighted by Gasteiger charge is -2.41. The molecule has 134 valence electrons. The predicted octanol–water partition coefficient (Wildman–Crippen LogP) is 3.73. The Morgan fingerprint density at radius 3 is 2.75 bits per heavy atom. The average molecular weight is 362 g/mol. The van der Waals surface area contributed by atoms with Gasteiger partial charge in [-0.2, -0.15) is 0 Å². The number of rotatable bonds is 2. The monoisotopic (exact) mass is 361 g/mol. The van der Waals surface area contributed by atoms with Crippen LogP contribution in [0.5, 0.6) is 0 Å². The summed E-state index contributed by atoms with van der Waals surface area (Å²) >= 11 is 5.83. The van der Waals surface area contributed by atoms with Crippen molar-refractivity contribution < 1.29 is 23.4 Å². The van der Waals surface area contributed by atoms with Crippen LogP contribution in [0.2, 0.25) is 5.02 Å². The number of carbonyl (C=O) groups excluding carboxylic acids is 1. The number of benzene rings is 1. The lowest BCUT2D eigenvalue weighted by molar-refractivity contribution is -0.0852. The van der Waals surface area contributed by atoms with E-state index in [1.165, 1.54) is 23.1 Å². The second kappa shape index (κ2) is 6.84. The molecule has 0 spiro atoms. The largest absolute Gasteiger partial charge is 0.444 e. The Morgan fingerprint density at radius 2 is 2.17 bits per heavy atom. The molecule has 2 unspecified atom stereocenters. The van der Waals surface area contributed by atoms with Crippen LogP contribution in [0.15, 0.2) is 18.2 Å². The van der Waals surface area contributed by atoms with Gasteiger partial charge < -0.3 is 14.7 Å². The Hall–Kier alpha value is -1.40. The Kier molecular flexibility index (Phi) is 5.40. The number of amides is 1. The Labute approximate surface area is 145 Å². The van der Waals surface area contributed by atoms with E-state index in [1.54, 1.807) is 20.8 Å². The van der Waals surface area contributed by atoms with Crippen molar-refractivity contribution in [3.8, 4) is 0 Å². The number of piperidine rings is 1. The Balaban J connectivity index is 2.06. The van der Waals surface area contributed by atoms with Crippen molar-refractivity contribution in [1.29, 1.82) is 0 Å². The van der Waals surface area contributed by atoms with Gasteiger partial charge in [-0.3, -0.25) is 0 Å². The predicted molar refractivity (Wildman–Crippen MR) is 87.4 cm³/mol. The minimum atomic E-state index is -1.75. The van der Waals surface area contributed by atoms with E-state index in [2.05, 4.69) is 0 Å². The second-order valence-electron chi connectivity index (χ2n) is 7.16. The molecule has 1 amide bonds. The summed E-state index contributed by atoms with van der Waals surface area (Å²) in [6, 6.07) is 3.95. The number of hydrogen-bond acceptors (Lipinski definition) is 3. The molecule has 0 aromatic heterocycles. The van der Waals surface area contributed by atoms with E-state index in [0.717, 1.165) is 0 Å². The SMILES string of the molecule is CC(C)(C)OC(=O)N1CCC(O)(Cc2cc(Cl)ccc2F)C(F)C1. The number of aliphatic hydroxyl groups is 1. The number of likely N-dealkylation sites (tertiary alicyclic amines) is 1. The summed E-state index contributed by atoms with van der Waals surface area (Å²) in [5.41, 5.74) is -2.27. The molecule has 1 aliphatic rings. The smallest absolute Gasteiger partial charge is 0.410 e. The highest BCUT2D eigenvalue weighted by atomic mass is 35.5. The first kappa shape index (κ1) is 18.9. The molecule has 2 rings (SSSR count). The Morgan fingerprint density at radius 1 is 1.50 bits per heavy atom. The fraction of sp³-hybridized carbons (Fsp3) is 0.588. The zero-order valence-electron chi connectivity index (χ0n) is 14.0. The fourth-order valence-electron chi connectivity index (χ4n) is 2.64. The van der Waals surface area contributed by atoms with E-state index < -0.39 is 29.3 Å². The van der Waals surface area contributed by atoms with Crippen LogP contribution in [-0.2, 0) is 11.2 Å². The van der Waals surface area contributed by atoms with Crippen LogP contribution in [0.3, 0.4) is 0 Å². The van der Waals surface area contributed by atoms with Crippen molar-refractivity contribution in [3.05, 3.63) is 34.6 Å². The van der Waals surface area contributed by atoms with Gasteiger partial charge in [0.25, 0.3) is 0 Å². The second-order valence-corrected chi connectivity index (χ2v) is 7.60. The van der Waals surface area contributed by atoms with Gasteiger partial charge in [-0.15, -0.1) is 0 Å². The van der Waals surface area contributed by atoms with E-state index in [1.807, 2.05) is 0 Å². The molecule has 0 aliphatic carbocycles. The normalized spacial score (nSPS) is 24.8. The molecule has 0 radical (unpaired) electrons. The van der Waals surface area contributed by atoms with Gasteiger partial charge in [-0.1, -0.05) is 11.6 Å². The quantitative estimate of drug-likeness (QED) is 0.873.